The van der Waals surface area contributed by atoms with E-state index in [1.807, 2.05) is 0 Å². The van der Waals surface area contributed by atoms with Crippen LogP contribution >= 0.6 is 0 Å². The van der Waals surface area contributed by atoms with Crippen molar-refractivity contribution in [3.8, 4) is 0 Å². The van der Waals surface area contributed by atoms with Crippen LogP contribution in [0.3, 0.4) is 0 Å². The van der Waals surface area contributed by atoms with Crippen molar-refractivity contribution >= 4 is 17.9 Å². The van der Waals surface area contributed by atoms with E-state index in [1.54, 1.807) is 0 Å². The summed E-state index contributed by atoms with van der Waals surface area (Å²) >= 11 is 0. The van der Waals surface area contributed by atoms with E-state index >= 15 is 0 Å². The van der Waals surface area contributed by atoms with Gasteiger partial charge in [0.15, 0.2) is 6.10 Å². The van der Waals surface area contributed by atoms with Gasteiger partial charge in [-0.1, -0.05) is 205 Å². The topological polar surface area (TPSA) is 78.9 Å². The number of rotatable bonds is 47. The van der Waals surface area contributed by atoms with E-state index in [4.69, 9.17) is 14.2 Å². The van der Waals surface area contributed by atoms with E-state index < -0.39 is 6.10 Å². The van der Waals surface area contributed by atoms with Crippen molar-refractivity contribution in [3.05, 3.63) is 146 Å². The van der Waals surface area contributed by atoms with Crippen LogP contribution in [0.1, 0.15) is 213 Å². The third-order valence-electron chi connectivity index (χ3n) is 10.8. The molecule has 0 radical (unpaired) electrons. The average molecular weight is 951 g/mol. The largest absolute Gasteiger partial charge is 0.462 e. The van der Waals surface area contributed by atoms with E-state index in [2.05, 4.69) is 167 Å². The molecule has 0 aromatic heterocycles. The number of ether oxygens (including phenoxy) is 3. The maximum Gasteiger partial charge on any atom is 0.306 e. The fourth-order valence-corrected chi connectivity index (χ4v) is 6.83. The van der Waals surface area contributed by atoms with Crippen LogP contribution in [-0.4, -0.2) is 37.2 Å². The van der Waals surface area contributed by atoms with Gasteiger partial charge < -0.3 is 14.2 Å². The minimum Gasteiger partial charge on any atom is -0.462 e. The summed E-state index contributed by atoms with van der Waals surface area (Å²) in [4.78, 5) is 38.0. The van der Waals surface area contributed by atoms with Crippen molar-refractivity contribution in [2.45, 2.75) is 219 Å². The molecule has 0 aliphatic heterocycles. The first-order valence-corrected chi connectivity index (χ1v) is 27.3. The van der Waals surface area contributed by atoms with E-state index in [-0.39, 0.29) is 37.5 Å². The molecule has 0 aliphatic rings. The monoisotopic (exact) mass is 951 g/mol. The number of carbonyl (C=O) groups excluding carboxylic acids is 3. The van der Waals surface area contributed by atoms with E-state index in [1.165, 1.54) is 12.8 Å². The zero-order valence-electron chi connectivity index (χ0n) is 44.0. The summed E-state index contributed by atoms with van der Waals surface area (Å²) in [6.45, 7) is 6.21. The van der Waals surface area contributed by atoms with E-state index in [0.29, 0.717) is 19.3 Å². The molecule has 6 heteroatoms. The second-order valence-electron chi connectivity index (χ2n) is 17.3. The van der Waals surface area contributed by atoms with Crippen LogP contribution in [0.2, 0.25) is 0 Å². The van der Waals surface area contributed by atoms with Gasteiger partial charge >= 0.3 is 17.9 Å². The number of hydrogen-bond acceptors (Lipinski definition) is 6. The SMILES string of the molecule is CC/C=C\C/C=C\C/C=C\C/C=C\C/C=C\C/C=C\CCCCCCCCC(=O)OCC(COC(=O)CCCCC/C=C\C/C=C\C/C=C\CC)OC(=O)CCCCC/C=C\C/C=C\C/C=C\CC. The zero-order chi connectivity index (χ0) is 50.0. The molecule has 1 unspecified atom stereocenters. The highest BCUT2D eigenvalue weighted by molar-refractivity contribution is 5.71. The van der Waals surface area contributed by atoms with Crippen molar-refractivity contribution in [1.82, 2.24) is 0 Å². The maximum atomic E-state index is 12.8. The molecule has 0 aliphatic carbocycles. The molecule has 6 nitrogen and oxygen atoms in total. The zero-order valence-corrected chi connectivity index (χ0v) is 44.0. The van der Waals surface area contributed by atoms with E-state index in [9.17, 15) is 14.4 Å². The predicted molar refractivity (Wildman–Crippen MR) is 297 cm³/mol. The molecule has 0 aromatic rings. The van der Waals surface area contributed by atoms with Crippen molar-refractivity contribution in [1.29, 1.82) is 0 Å². The molecular weight excluding hydrogens is 853 g/mol. The Morgan fingerprint density at radius 1 is 0.290 bits per heavy atom. The summed E-state index contributed by atoms with van der Waals surface area (Å²) in [7, 11) is 0. The first-order valence-electron chi connectivity index (χ1n) is 27.3. The maximum absolute atomic E-state index is 12.8. The molecule has 0 rings (SSSR count). The molecule has 0 fully saturated rings. The number of carbonyl (C=O) groups is 3. The third-order valence-corrected chi connectivity index (χ3v) is 10.8. The lowest BCUT2D eigenvalue weighted by molar-refractivity contribution is -0.167. The number of allylic oxidation sites excluding steroid dienone is 24. The molecule has 0 aromatic carbocycles. The van der Waals surface area contributed by atoms with Crippen LogP contribution in [0, 0.1) is 0 Å². The number of hydrogen-bond donors (Lipinski definition) is 0. The van der Waals surface area contributed by atoms with Gasteiger partial charge in [-0.05, 0) is 135 Å². The molecule has 0 heterocycles. The second-order valence-corrected chi connectivity index (χ2v) is 17.3. The Morgan fingerprint density at radius 3 is 0.826 bits per heavy atom. The lowest BCUT2D eigenvalue weighted by Crippen LogP contribution is -2.30. The highest BCUT2D eigenvalue weighted by Crippen LogP contribution is 2.12. The molecule has 1 atom stereocenters. The molecule has 0 N–H and O–H groups in total. The fraction of sp³-hybridized carbons (Fsp3) is 0.571. The summed E-state index contributed by atoms with van der Waals surface area (Å²) < 4.78 is 16.7. The Kier molecular flexibility index (Phi) is 52.1. The Morgan fingerprint density at radius 2 is 0.522 bits per heavy atom. The quantitative estimate of drug-likeness (QED) is 0.0262. The number of unbranched alkanes of at least 4 members (excludes halogenated alkanes) is 12. The van der Waals surface area contributed by atoms with Gasteiger partial charge in [-0.15, -0.1) is 0 Å². The third kappa shape index (κ3) is 54.1. The fourth-order valence-electron chi connectivity index (χ4n) is 6.83. The van der Waals surface area contributed by atoms with Crippen LogP contribution in [0.5, 0.6) is 0 Å². The van der Waals surface area contributed by atoms with Gasteiger partial charge in [-0.2, -0.15) is 0 Å². The normalized spacial score (nSPS) is 13.3. The van der Waals surface area contributed by atoms with Gasteiger partial charge in [-0.3, -0.25) is 14.4 Å². The van der Waals surface area contributed by atoms with Crippen molar-refractivity contribution in [2.24, 2.45) is 0 Å². The van der Waals surface area contributed by atoms with Gasteiger partial charge in [0.1, 0.15) is 13.2 Å². The number of esters is 3. The molecular formula is C63H98O6. The Labute approximate surface area is 423 Å². The predicted octanol–water partition coefficient (Wildman–Crippen LogP) is 18.4. The summed E-state index contributed by atoms with van der Waals surface area (Å²) in [5.41, 5.74) is 0. The van der Waals surface area contributed by atoms with Gasteiger partial charge in [-0.25, -0.2) is 0 Å². The van der Waals surface area contributed by atoms with Crippen LogP contribution in [0.4, 0.5) is 0 Å². The van der Waals surface area contributed by atoms with Crippen molar-refractivity contribution in [3.63, 3.8) is 0 Å². The van der Waals surface area contributed by atoms with Crippen LogP contribution < -0.4 is 0 Å². The van der Waals surface area contributed by atoms with Crippen molar-refractivity contribution < 1.29 is 28.6 Å². The standard InChI is InChI=1S/C63H98O6/c1-4-7-10-13-16-19-22-25-26-27-28-29-30-31-32-33-34-35-36-39-41-44-47-50-53-56-62(65)68-59-60(69-63(66)57-54-51-48-45-42-38-24-21-18-15-12-9-6-3)58-67-61(64)55-52-49-46-43-40-37-23-20-17-14-11-8-5-2/h7-12,16-21,25-26,28-29,31-32,34-35,37-38,40,42,60H,4-6,13-15,22-24,27,30,33,36,39,41,43-59H2,1-3H3/b10-7-,11-8-,12-9-,19-16-,20-17-,21-18-,26-25-,29-28-,32-31-,35-34-,40-37-,42-38-. The van der Waals surface area contributed by atoms with Gasteiger partial charge in [0.2, 0.25) is 0 Å². The minimum atomic E-state index is -0.818. The molecule has 0 bridgehead atoms. The van der Waals surface area contributed by atoms with Crippen LogP contribution in [0.25, 0.3) is 0 Å². The van der Waals surface area contributed by atoms with Crippen LogP contribution in [-0.2, 0) is 28.6 Å². The minimum absolute atomic E-state index is 0.114. The summed E-state index contributed by atoms with van der Waals surface area (Å²) in [6, 6.07) is 0. The average Bonchev–Trinajstić information content (AvgIpc) is 3.35. The van der Waals surface area contributed by atoms with Crippen molar-refractivity contribution in [2.75, 3.05) is 13.2 Å². The van der Waals surface area contributed by atoms with Gasteiger partial charge in [0.05, 0.1) is 0 Å². The Hall–Kier alpha value is -4.71. The van der Waals surface area contributed by atoms with Gasteiger partial charge in [0.25, 0.3) is 0 Å². The molecule has 0 amide bonds. The van der Waals surface area contributed by atoms with Crippen LogP contribution in [0.15, 0.2) is 146 Å². The smallest absolute Gasteiger partial charge is 0.306 e. The molecule has 0 saturated carbocycles. The summed E-state index contributed by atoms with van der Waals surface area (Å²) in [6.07, 6.45) is 79.8. The first-order chi connectivity index (χ1) is 34.0. The Bertz CT molecular complexity index is 1560. The lowest BCUT2D eigenvalue weighted by Gasteiger charge is -2.18. The molecule has 386 valence electrons. The summed E-state index contributed by atoms with van der Waals surface area (Å²) in [5.74, 6) is -0.997. The molecule has 0 saturated heterocycles. The molecule has 69 heavy (non-hydrogen) atoms. The first kappa shape index (κ1) is 64.3. The lowest BCUT2D eigenvalue weighted by atomic mass is 10.1. The summed E-state index contributed by atoms with van der Waals surface area (Å²) in [5, 5.41) is 0. The second kappa shape index (κ2) is 55.9. The Balaban J connectivity index is 4.43. The highest BCUT2D eigenvalue weighted by atomic mass is 16.6. The van der Waals surface area contributed by atoms with E-state index in [0.717, 1.165) is 154 Å². The highest BCUT2D eigenvalue weighted by Gasteiger charge is 2.19. The molecule has 0 spiro atoms. The van der Waals surface area contributed by atoms with Gasteiger partial charge in [0, 0.05) is 19.3 Å².